The highest BCUT2D eigenvalue weighted by molar-refractivity contribution is 5.92. The first-order valence-corrected chi connectivity index (χ1v) is 9.60. The summed E-state index contributed by atoms with van der Waals surface area (Å²) >= 11 is 0. The molecule has 0 aliphatic rings. The normalized spacial score (nSPS) is 10.5. The lowest BCUT2D eigenvalue weighted by Crippen LogP contribution is -2.26. The molecule has 28 heavy (non-hydrogen) atoms. The van der Waals surface area contributed by atoms with Gasteiger partial charge in [0.1, 0.15) is 5.75 Å². The van der Waals surface area contributed by atoms with Crippen LogP contribution in [0.4, 0.5) is 4.39 Å². The molecule has 0 bridgehead atoms. The lowest BCUT2D eigenvalue weighted by atomic mass is 10.1. The summed E-state index contributed by atoms with van der Waals surface area (Å²) in [4.78, 5) is 17.7. The Labute approximate surface area is 167 Å². The Bertz CT molecular complexity index is 688. The van der Waals surface area contributed by atoms with Crippen LogP contribution in [0.2, 0.25) is 0 Å². The Kier molecular flexibility index (Phi) is 10.8. The highest BCUT2D eigenvalue weighted by Crippen LogP contribution is 2.20. The van der Waals surface area contributed by atoms with Crippen molar-refractivity contribution < 1.29 is 13.9 Å². The van der Waals surface area contributed by atoms with Crippen molar-refractivity contribution in [3.05, 3.63) is 53.7 Å². The number of nitrogens with zero attached hydrogens (tertiary/aromatic N) is 2. The van der Waals surface area contributed by atoms with Gasteiger partial charge in [-0.2, -0.15) is 0 Å². The minimum atomic E-state index is -0.498. The molecule has 0 aliphatic carbocycles. The zero-order chi connectivity index (χ0) is 20.9. The summed E-state index contributed by atoms with van der Waals surface area (Å²) in [5, 5.41) is 0. The molecule has 0 radical (unpaired) electrons. The molecule has 0 saturated carbocycles. The van der Waals surface area contributed by atoms with E-state index in [4.69, 9.17) is 10.5 Å². The molecular formula is C22H32FN3O2. The van der Waals surface area contributed by atoms with Crippen LogP contribution in [0.15, 0.2) is 42.6 Å². The van der Waals surface area contributed by atoms with Crippen LogP contribution in [-0.2, 0) is 6.54 Å². The zero-order valence-electron chi connectivity index (χ0n) is 17.3. The van der Waals surface area contributed by atoms with Gasteiger partial charge in [0.2, 0.25) is 11.8 Å². The van der Waals surface area contributed by atoms with E-state index in [1.54, 1.807) is 12.1 Å². The fraction of sp³-hybridized carbons (Fsp3) is 0.455. The van der Waals surface area contributed by atoms with Crippen molar-refractivity contribution in [2.45, 2.75) is 40.2 Å². The summed E-state index contributed by atoms with van der Waals surface area (Å²) in [5.41, 5.74) is 6.84. The van der Waals surface area contributed by atoms with Crippen molar-refractivity contribution in [3.63, 3.8) is 0 Å². The summed E-state index contributed by atoms with van der Waals surface area (Å²) in [6.45, 7) is 9.93. The lowest BCUT2D eigenvalue weighted by molar-refractivity contribution is 0.1000. The van der Waals surface area contributed by atoms with Gasteiger partial charge in [-0.15, -0.1) is 0 Å². The quantitative estimate of drug-likeness (QED) is 0.633. The molecule has 1 aromatic heterocycles. The van der Waals surface area contributed by atoms with E-state index in [0.717, 1.165) is 37.7 Å². The van der Waals surface area contributed by atoms with Crippen LogP contribution >= 0.6 is 0 Å². The second-order valence-corrected chi connectivity index (χ2v) is 6.95. The van der Waals surface area contributed by atoms with Crippen LogP contribution in [0, 0.1) is 5.92 Å². The van der Waals surface area contributed by atoms with Gasteiger partial charge in [-0.25, -0.2) is 4.98 Å². The van der Waals surface area contributed by atoms with Crippen molar-refractivity contribution >= 4 is 5.91 Å². The molecule has 0 fully saturated rings. The first-order chi connectivity index (χ1) is 13.5. The standard InChI is InChI=1S/C21H29N3O2.CH3F/c1-4-12-24(13-11-16(2)3)15-17-5-8-19(9-6-17)26-20-10-7-18(14-23-20)21(22)25;1-2/h5-10,14,16H,4,11-13,15H2,1-3H3,(H2,22,25);1H3. The number of carbonyl (C=O) groups is 1. The van der Waals surface area contributed by atoms with Gasteiger partial charge in [-0.1, -0.05) is 32.9 Å². The smallest absolute Gasteiger partial charge is 0.250 e. The molecule has 1 amide bonds. The molecule has 0 atom stereocenters. The summed E-state index contributed by atoms with van der Waals surface area (Å²) in [5.74, 6) is 1.38. The van der Waals surface area contributed by atoms with Gasteiger partial charge in [0.15, 0.2) is 0 Å². The molecule has 1 aromatic carbocycles. The molecule has 0 aliphatic heterocycles. The van der Waals surface area contributed by atoms with Gasteiger partial charge in [0.25, 0.3) is 0 Å². The van der Waals surface area contributed by atoms with E-state index >= 15 is 0 Å². The first kappa shape index (κ1) is 23.6. The Morgan fingerprint density at radius 3 is 2.32 bits per heavy atom. The van der Waals surface area contributed by atoms with Gasteiger partial charge < -0.3 is 10.5 Å². The third-order valence-electron chi connectivity index (χ3n) is 4.14. The number of nitrogens with two attached hydrogens (primary N) is 1. The van der Waals surface area contributed by atoms with Crippen LogP contribution in [0.1, 0.15) is 49.5 Å². The highest BCUT2D eigenvalue weighted by Gasteiger charge is 2.07. The van der Waals surface area contributed by atoms with Crippen LogP contribution in [0.3, 0.4) is 0 Å². The minimum absolute atomic E-state index is 0.366. The molecular weight excluding hydrogens is 357 g/mol. The lowest BCUT2D eigenvalue weighted by Gasteiger charge is -2.22. The largest absolute Gasteiger partial charge is 0.439 e. The molecule has 5 nitrogen and oxygen atoms in total. The third-order valence-corrected chi connectivity index (χ3v) is 4.14. The maximum Gasteiger partial charge on any atom is 0.250 e. The molecule has 2 aromatic rings. The van der Waals surface area contributed by atoms with Crippen molar-refractivity contribution in [2.75, 3.05) is 20.3 Å². The number of pyridine rings is 1. The Hall–Kier alpha value is -2.47. The fourth-order valence-corrected chi connectivity index (χ4v) is 2.66. The second-order valence-electron chi connectivity index (χ2n) is 6.95. The maximum absolute atomic E-state index is 11.1. The number of ether oxygens (including phenoxy) is 1. The number of aromatic nitrogens is 1. The Balaban J connectivity index is 0.00000190. The van der Waals surface area contributed by atoms with Crippen molar-refractivity contribution in [1.82, 2.24) is 9.88 Å². The van der Waals surface area contributed by atoms with E-state index in [1.807, 2.05) is 12.1 Å². The predicted molar refractivity (Wildman–Crippen MR) is 111 cm³/mol. The molecule has 154 valence electrons. The predicted octanol–water partition coefficient (Wildman–Crippen LogP) is 4.82. The number of hydrogen-bond acceptors (Lipinski definition) is 4. The minimum Gasteiger partial charge on any atom is -0.439 e. The topological polar surface area (TPSA) is 68.5 Å². The van der Waals surface area contributed by atoms with Gasteiger partial charge in [-0.3, -0.25) is 14.1 Å². The number of benzene rings is 1. The number of alkyl halides is 1. The van der Waals surface area contributed by atoms with Gasteiger partial charge in [0.05, 0.1) is 12.7 Å². The van der Waals surface area contributed by atoms with E-state index < -0.39 is 5.91 Å². The fourth-order valence-electron chi connectivity index (χ4n) is 2.66. The summed E-state index contributed by atoms with van der Waals surface area (Å²) < 4.78 is 15.2. The summed E-state index contributed by atoms with van der Waals surface area (Å²) in [6, 6.07) is 11.3. The van der Waals surface area contributed by atoms with Gasteiger partial charge in [-0.05, 0) is 55.6 Å². The molecule has 1 heterocycles. The maximum atomic E-state index is 11.1. The van der Waals surface area contributed by atoms with E-state index in [2.05, 4.69) is 42.8 Å². The SMILES string of the molecule is CCCN(CCC(C)C)Cc1ccc(Oc2ccc(C(N)=O)cn2)cc1.CF. The monoisotopic (exact) mass is 389 g/mol. The zero-order valence-corrected chi connectivity index (χ0v) is 17.3. The van der Waals surface area contributed by atoms with E-state index in [1.165, 1.54) is 18.2 Å². The number of hydrogen-bond donors (Lipinski definition) is 1. The van der Waals surface area contributed by atoms with E-state index in [-0.39, 0.29) is 0 Å². The highest BCUT2D eigenvalue weighted by atomic mass is 19.1. The average Bonchev–Trinajstić information content (AvgIpc) is 2.69. The van der Waals surface area contributed by atoms with Gasteiger partial charge in [0, 0.05) is 18.8 Å². The average molecular weight is 390 g/mol. The number of carbonyl (C=O) groups excluding carboxylic acids is 1. The van der Waals surface area contributed by atoms with Crippen LogP contribution in [0.5, 0.6) is 11.6 Å². The van der Waals surface area contributed by atoms with Crippen LogP contribution < -0.4 is 10.5 Å². The number of primary amides is 1. The molecule has 2 rings (SSSR count). The van der Waals surface area contributed by atoms with Crippen molar-refractivity contribution in [3.8, 4) is 11.6 Å². The van der Waals surface area contributed by atoms with Crippen molar-refractivity contribution in [2.24, 2.45) is 11.7 Å². The number of rotatable bonds is 10. The summed E-state index contributed by atoms with van der Waals surface area (Å²) in [7, 11) is 0.500. The molecule has 0 unspecified atom stereocenters. The second kappa shape index (κ2) is 12.8. The molecule has 6 heteroatoms. The Morgan fingerprint density at radius 2 is 1.82 bits per heavy atom. The molecule has 0 saturated heterocycles. The van der Waals surface area contributed by atoms with Crippen LogP contribution in [0.25, 0.3) is 0 Å². The molecule has 2 N–H and O–H groups in total. The van der Waals surface area contributed by atoms with Gasteiger partial charge >= 0.3 is 0 Å². The van der Waals surface area contributed by atoms with E-state index in [0.29, 0.717) is 18.6 Å². The van der Waals surface area contributed by atoms with Crippen molar-refractivity contribution in [1.29, 1.82) is 0 Å². The van der Waals surface area contributed by atoms with E-state index in [9.17, 15) is 9.18 Å². The number of amides is 1. The molecule has 0 spiro atoms. The first-order valence-electron chi connectivity index (χ1n) is 9.60. The Morgan fingerprint density at radius 1 is 1.14 bits per heavy atom. The number of halogens is 1. The third kappa shape index (κ3) is 8.48. The van der Waals surface area contributed by atoms with Crippen LogP contribution in [-0.4, -0.2) is 36.1 Å². The summed E-state index contributed by atoms with van der Waals surface area (Å²) in [6.07, 6.45) is 3.80.